The average molecular weight is 418 g/mol. The fourth-order valence-corrected chi connectivity index (χ4v) is 3.25. The summed E-state index contributed by atoms with van der Waals surface area (Å²) >= 11 is 0. The molecule has 6 heteroatoms. The molecule has 0 aliphatic heterocycles. The van der Waals surface area contributed by atoms with Gasteiger partial charge in [-0.05, 0) is 36.2 Å². The summed E-state index contributed by atoms with van der Waals surface area (Å²) in [4.78, 5) is 27.3. The summed E-state index contributed by atoms with van der Waals surface area (Å²) in [5, 5.41) is 15.0. The Morgan fingerprint density at radius 3 is 2.13 bits per heavy atom. The summed E-state index contributed by atoms with van der Waals surface area (Å²) in [6.45, 7) is 1.14. The maximum atomic E-state index is 12.7. The molecule has 0 unspecified atom stereocenters. The van der Waals surface area contributed by atoms with Gasteiger partial charge in [0.2, 0.25) is 5.91 Å². The molecular weight excluding hydrogens is 390 g/mol. The van der Waals surface area contributed by atoms with Crippen LogP contribution in [0.4, 0.5) is 11.4 Å². The first-order chi connectivity index (χ1) is 15.2. The summed E-state index contributed by atoms with van der Waals surface area (Å²) < 4.78 is 0. The minimum absolute atomic E-state index is 0.0296. The third kappa shape index (κ3) is 7.06. The first-order valence-electron chi connectivity index (χ1n) is 10.3. The topological polar surface area (TPSA) is 81.7 Å². The molecule has 0 bridgehead atoms. The highest BCUT2D eigenvalue weighted by atomic mass is 16.3. The molecule has 0 saturated heterocycles. The maximum absolute atomic E-state index is 12.7. The molecule has 0 aliphatic carbocycles. The van der Waals surface area contributed by atoms with Crippen molar-refractivity contribution in [3.8, 4) is 0 Å². The number of rotatable bonds is 10. The molecule has 31 heavy (non-hydrogen) atoms. The van der Waals surface area contributed by atoms with Gasteiger partial charge in [-0.15, -0.1) is 0 Å². The molecule has 0 fully saturated rings. The fraction of sp³-hybridized carbons (Fsp3) is 0.200. The number of nitrogens with one attached hydrogen (secondary N) is 2. The Morgan fingerprint density at radius 1 is 0.774 bits per heavy atom. The van der Waals surface area contributed by atoms with Crippen molar-refractivity contribution in [3.05, 3.63) is 96.1 Å². The number of aliphatic hydroxyl groups is 1. The van der Waals surface area contributed by atoms with Crippen molar-refractivity contribution in [1.29, 1.82) is 0 Å². The second kappa shape index (κ2) is 11.6. The summed E-state index contributed by atoms with van der Waals surface area (Å²) in [7, 11) is 0. The summed E-state index contributed by atoms with van der Waals surface area (Å²) in [6.07, 6.45) is 0.782. The molecule has 160 valence electrons. The van der Waals surface area contributed by atoms with E-state index in [0.717, 1.165) is 6.42 Å². The molecule has 0 saturated carbocycles. The zero-order chi connectivity index (χ0) is 21.9. The van der Waals surface area contributed by atoms with Crippen LogP contribution in [0.1, 0.15) is 15.9 Å². The van der Waals surface area contributed by atoms with Crippen LogP contribution >= 0.6 is 0 Å². The van der Waals surface area contributed by atoms with Crippen LogP contribution in [0.3, 0.4) is 0 Å². The van der Waals surface area contributed by atoms with E-state index in [1.807, 2.05) is 53.4 Å². The first kappa shape index (κ1) is 22.2. The second-order valence-corrected chi connectivity index (χ2v) is 7.15. The Morgan fingerprint density at radius 2 is 1.42 bits per heavy atom. The number of para-hydroxylation sites is 2. The minimum Gasteiger partial charge on any atom is -0.395 e. The van der Waals surface area contributed by atoms with E-state index >= 15 is 0 Å². The number of anilines is 2. The van der Waals surface area contributed by atoms with Gasteiger partial charge in [0.25, 0.3) is 5.91 Å². The van der Waals surface area contributed by atoms with E-state index in [-0.39, 0.29) is 25.0 Å². The van der Waals surface area contributed by atoms with Crippen LogP contribution in [0.2, 0.25) is 0 Å². The van der Waals surface area contributed by atoms with Crippen molar-refractivity contribution >= 4 is 23.2 Å². The number of amides is 2. The van der Waals surface area contributed by atoms with Crippen LogP contribution in [0, 0.1) is 0 Å². The Bertz CT molecular complexity index is 978. The number of carbonyl (C=O) groups is 2. The normalized spacial score (nSPS) is 10.6. The zero-order valence-electron chi connectivity index (χ0n) is 17.3. The Hall–Kier alpha value is -3.48. The van der Waals surface area contributed by atoms with E-state index < -0.39 is 0 Å². The van der Waals surface area contributed by atoms with Gasteiger partial charge in [0.15, 0.2) is 0 Å². The van der Waals surface area contributed by atoms with Crippen LogP contribution < -0.4 is 10.6 Å². The Labute approximate surface area is 182 Å². The van der Waals surface area contributed by atoms with E-state index in [4.69, 9.17) is 0 Å². The van der Waals surface area contributed by atoms with Crippen LogP contribution in [0.15, 0.2) is 84.9 Å². The second-order valence-electron chi connectivity index (χ2n) is 7.15. The molecule has 6 nitrogen and oxygen atoms in total. The zero-order valence-corrected chi connectivity index (χ0v) is 17.3. The average Bonchev–Trinajstić information content (AvgIpc) is 2.79. The largest absolute Gasteiger partial charge is 0.395 e. The number of hydrogen-bond donors (Lipinski definition) is 3. The molecule has 0 aromatic heterocycles. The third-order valence-corrected chi connectivity index (χ3v) is 4.82. The number of benzene rings is 3. The lowest BCUT2D eigenvalue weighted by Crippen LogP contribution is -2.37. The van der Waals surface area contributed by atoms with E-state index in [2.05, 4.69) is 10.6 Å². The predicted octanol–water partition coefficient (Wildman–Crippen LogP) is 3.41. The van der Waals surface area contributed by atoms with Crippen molar-refractivity contribution in [2.24, 2.45) is 0 Å². The van der Waals surface area contributed by atoms with Gasteiger partial charge in [-0.1, -0.05) is 60.7 Å². The van der Waals surface area contributed by atoms with Crippen molar-refractivity contribution < 1.29 is 14.7 Å². The van der Waals surface area contributed by atoms with Crippen LogP contribution in [-0.4, -0.2) is 48.1 Å². The van der Waals surface area contributed by atoms with Crippen LogP contribution in [0.25, 0.3) is 0 Å². The highest BCUT2D eigenvalue weighted by molar-refractivity contribution is 6.10. The lowest BCUT2D eigenvalue weighted by atomic mass is 10.1. The molecule has 3 aromatic carbocycles. The first-order valence-corrected chi connectivity index (χ1v) is 10.3. The van der Waals surface area contributed by atoms with E-state index in [1.54, 1.807) is 36.4 Å². The molecule has 0 radical (unpaired) electrons. The fourth-order valence-electron chi connectivity index (χ4n) is 3.25. The summed E-state index contributed by atoms with van der Waals surface area (Å²) in [5.41, 5.74) is 2.70. The van der Waals surface area contributed by atoms with Crippen molar-refractivity contribution in [2.45, 2.75) is 6.42 Å². The van der Waals surface area contributed by atoms with Gasteiger partial charge in [-0.25, -0.2) is 0 Å². The van der Waals surface area contributed by atoms with Gasteiger partial charge < -0.3 is 15.7 Å². The molecule has 3 rings (SSSR count). The van der Waals surface area contributed by atoms with Crippen LogP contribution in [-0.2, 0) is 11.2 Å². The van der Waals surface area contributed by atoms with Gasteiger partial charge in [0.1, 0.15) is 0 Å². The smallest absolute Gasteiger partial charge is 0.257 e. The highest BCUT2D eigenvalue weighted by Gasteiger charge is 2.15. The Kier molecular flexibility index (Phi) is 8.34. The standard InChI is InChI=1S/C25H27N3O3/c29-18-17-28(16-15-20-9-3-1-4-10-20)19-24(30)27-23-14-8-7-13-22(23)25(31)26-21-11-5-2-6-12-21/h1-14,29H,15-19H2,(H,26,31)(H,27,30). The molecule has 0 spiro atoms. The molecule has 0 atom stereocenters. The van der Waals surface area contributed by atoms with Gasteiger partial charge in [0, 0.05) is 18.8 Å². The third-order valence-electron chi connectivity index (χ3n) is 4.82. The van der Waals surface area contributed by atoms with Gasteiger partial charge >= 0.3 is 0 Å². The molecule has 0 heterocycles. The molecular formula is C25H27N3O3. The molecule has 2 amide bonds. The lowest BCUT2D eigenvalue weighted by Gasteiger charge is -2.21. The van der Waals surface area contributed by atoms with Gasteiger partial charge in [-0.2, -0.15) is 0 Å². The van der Waals surface area contributed by atoms with Crippen LogP contribution in [0.5, 0.6) is 0 Å². The SMILES string of the molecule is O=C(CN(CCO)CCc1ccccc1)Nc1ccccc1C(=O)Nc1ccccc1. The summed E-state index contributed by atoms with van der Waals surface area (Å²) in [6, 6.07) is 26.1. The van der Waals surface area contributed by atoms with Gasteiger partial charge in [-0.3, -0.25) is 14.5 Å². The quantitative estimate of drug-likeness (QED) is 0.472. The van der Waals surface area contributed by atoms with Crippen molar-refractivity contribution in [3.63, 3.8) is 0 Å². The lowest BCUT2D eigenvalue weighted by molar-refractivity contribution is -0.117. The van der Waals surface area contributed by atoms with E-state index in [9.17, 15) is 14.7 Å². The van der Waals surface area contributed by atoms with Gasteiger partial charge in [0.05, 0.1) is 24.4 Å². The number of nitrogens with zero attached hydrogens (tertiary/aromatic N) is 1. The maximum Gasteiger partial charge on any atom is 0.257 e. The van der Waals surface area contributed by atoms with Crippen molar-refractivity contribution in [2.75, 3.05) is 36.9 Å². The molecule has 0 aliphatic rings. The molecule has 3 aromatic rings. The summed E-state index contributed by atoms with van der Waals surface area (Å²) in [5.74, 6) is -0.528. The number of hydrogen-bond acceptors (Lipinski definition) is 4. The minimum atomic E-state index is -0.293. The monoisotopic (exact) mass is 417 g/mol. The Balaban J connectivity index is 1.61. The molecule has 3 N–H and O–H groups in total. The van der Waals surface area contributed by atoms with E-state index in [0.29, 0.717) is 30.0 Å². The predicted molar refractivity (Wildman–Crippen MR) is 123 cm³/mol. The highest BCUT2D eigenvalue weighted by Crippen LogP contribution is 2.17. The van der Waals surface area contributed by atoms with Crippen molar-refractivity contribution in [1.82, 2.24) is 4.90 Å². The van der Waals surface area contributed by atoms with E-state index in [1.165, 1.54) is 5.56 Å². The number of carbonyl (C=O) groups excluding carboxylic acids is 2. The number of aliphatic hydroxyl groups excluding tert-OH is 1.